The van der Waals surface area contributed by atoms with Crippen molar-refractivity contribution in [1.29, 1.82) is 0 Å². The lowest BCUT2D eigenvalue weighted by atomic mass is 10.2. The summed E-state index contributed by atoms with van der Waals surface area (Å²) in [5.74, 6) is 1.75. The zero-order valence-electron chi connectivity index (χ0n) is 13.6. The molecule has 0 spiro atoms. The lowest BCUT2D eigenvalue weighted by Gasteiger charge is -2.33. The van der Waals surface area contributed by atoms with Crippen molar-refractivity contribution in [3.63, 3.8) is 0 Å². The van der Waals surface area contributed by atoms with Crippen molar-refractivity contribution >= 4 is 16.5 Å². The van der Waals surface area contributed by atoms with Crippen molar-refractivity contribution in [1.82, 2.24) is 25.1 Å². The summed E-state index contributed by atoms with van der Waals surface area (Å²) in [6.07, 6.45) is 1.98. The molecule has 0 saturated carbocycles. The molecule has 124 valence electrons. The van der Waals surface area contributed by atoms with Crippen molar-refractivity contribution in [3.8, 4) is 10.4 Å². The van der Waals surface area contributed by atoms with Crippen LogP contribution in [-0.4, -0.2) is 51.2 Å². The monoisotopic (exact) mass is 340 g/mol. The molecule has 1 fully saturated rings. The number of nitrogens with one attached hydrogen (secondary N) is 1. The van der Waals surface area contributed by atoms with Gasteiger partial charge in [0.05, 0.1) is 11.4 Å². The Bertz CT molecular complexity index is 788. The number of H-pyrrole nitrogens is 1. The minimum atomic E-state index is 0.811. The average Bonchev–Trinajstić information content (AvgIpc) is 3.26. The van der Waals surface area contributed by atoms with Gasteiger partial charge in [0.2, 0.25) is 0 Å². The topological polar surface area (TPSA) is 60.9 Å². The molecule has 6 nitrogen and oxygen atoms in total. The molecule has 1 aliphatic rings. The fourth-order valence-corrected chi connectivity index (χ4v) is 3.88. The number of aromatic amines is 1. The molecule has 0 unspecified atom stereocenters. The van der Waals surface area contributed by atoms with E-state index < -0.39 is 0 Å². The van der Waals surface area contributed by atoms with Crippen LogP contribution >= 0.6 is 11.3 Å². The maximum absolute atomic E-state index is 4.62. The number of aromatic nitrogens is 4. The van der Waals surface area contributed by atoms with Gasteiger partial charge in [0, 0.05) is 32.4 Å². The fourth-order valence-electron chi connectivity index (χ4n) is 2.90. The highest BCUT2D eigenvalue weighted by Crippen LogP contribution is 2.31. The van der Waals surface area contributed by atoms with Gasteiger partial charge in [-0.3, -0.25) is 10.00 Å². The summed E-state index contributed by atoms with van der Waals surface area (Å²) in [7, 11) is 0. The molecule has 1 saturated heterocycles. The average molecular weight is 340 g/mol. The quantitative estimate of drug-likeness (QED) is 0.791. The maximum Gasteiger partial charge on any atom is 0.185 e. The van der Waals surface area contributed by atoms with Crippen LogP contribution in [0.15, 0.2) is 36.5 Å². The normalized spacial score (nSPS) is 15.8. The third-order valence-electron chi connectivity index (χ3n) is 4.20. The number of thiazole rings is 1. The van der Waals surface area contributed by atoms with E-state index in [1.54, 1.807) is 11.3 Å². The molecule has 0 aliphatic carbocycles. The first-order valence-electron chi connectivity index (χ1n) is 8.14. The SMILES string of the molecule is Cc1nc(CN2CCN(c3ncc(-c4ccccc4)s3)CC2)n[nH]1. The first-order chi connectivity index (χ1) is 11.8. The molecule has 7 heteroatoms. The Morgan fingerprint density at radius 2 is 1.92 bits per heavy atom. The van der Waals surface area contributed by atoms with Crippen molar-refractivity contribution in [2.24, 2.45) is 0 Å². The Labute approximate surface area is 145 Å². The van der Waals surface area contributed by atoms with Crippen LogP contribution in [0.25, 0.3) is 10.4 Å². The summed E-state index contributed by atoms with van der Waals surface area (Å²) in [5, 5.41) is 8.24. The zero-order valence-corrected chi connectivity index (χ0v) is 14.5. The van der Waals surface area contributed by atoms with Gasteiger partial charge in [0.1, 0.15) is 5.82 Å². The molecule has 0 amide bonds. The molecule has 1 N–H and O–H groups in total. The Balaban J connectivity index is 1.37. The van der Waals surface area contributed by atoms with E-state index in [0.717, 1.165) is 49.5 Å². The minimum absolute atomic E-state index is 0.811. The molecule has 0 atom stereocenters. The van der Waals surface area contributed by atoms with Crippen LogP contribution in [0.5, 0.6) is 0 Å². The number of hydrogen-bond acceptors (Lipinski definition) is 6. The van der Waals surface area contributed by atoms with Crippen LogP contribution in [0.2, 0.25) is 0 Å². The minimum Gasteiger partial charge on any atom is -0.346 e. The molecule has 1 aliphatic heterocycles. The van der Waals surface area contributed by atoms with E-state index >= 15 is 0 Å². The first-order valence-corrected chi connectivity index (χ1v) is 8.96. The molecule has 4 rings (SSSR count). The second-order valence-corrected chi connectivity index (χ2v) is 6.98. The van der Waals surface area contributed by atoms with Crippen molar-refractivity contribution < 1.29 is 0 Å². The van der Waals surface area contributed by atoms with Crippen molar-refractivity contribution in [3.05, 3.63) is 48.2 Å². The number of rotatable bonds is 4. The van der Waals surface area contributed by atoms with Crippen molar-refractivity contribution in [2.45, 2.75) is 13.5 Å². The maximum atomic E-state index is 4.62. The lowest BCUT2D eigenvalue weighted by molar-refractivity contribution is 0.244. The molecule has 3 heterocycles. The highest BCUT2D eigenvalue weighted by molar-refractivity contribution is 7.18. The van der Waals surface area contributed by atoms with Gasteiger partial charge in [-0.05, 0) is 12.5 Å². The number of aryl methyl sites for hydroxylation is 1. The number of anilines is 1. The van der Waals surface area contributed by atoms with Gasteiger partial charge in [-0.25, -0.2) is 9.97 Å². The van der Waals surface area contributed by atoms with Gasteiger partial charge in [-0.1, -0.05) is 41.7 Å². The van der Waals surface area contributed by atoms with E-state index in [9.17, 15) is 0 Å². The summed E-state index contributed by atoms with van der Waals surface area (Å²) in [4.78, 5) is 15.0. The predicted octanol–water partition coefficient (Wildman–Crippen LogP) is 2.56. The smallest absolute Gasteiger partial charge is 0.185 e. The molecular weight excluding hydrogens is 320 g/mol. The van der Waals surface area contributed by atoms with Crippen LogP contribution in [0.3, 0.4) is 0 Å². The molecule has 0 bridgehead atoms. The van der Waals surface area contributed by atoms with Crippen molar-refractivity contribution in [2.75, 3.05) is 31.1 Å². The van der Waals surface area contributed by atoms with Gasteiger partial charge in [-0.15, -0.1) is 0 Å². The van der Waals surface area contributed by atoms with Crippen LogP contribution < -0.4 is 4.90 Å². The summed E-state index contributed by atoms with van der Waals surface area (Å²) in [5.41, 5.74) is 1.24. The third-order valence-corrected chi connectivity index (χ3v) is 5.31. The van der Waals surface area contributed by atoms with E-state index in [1.807, 2.05) is 19.2 Å². The van der Waals surface area contributed by atoms with E-state index in [-0.39, 0.29) is 0 Å². The van der Waals surface area contributed by atoms with Gasteiger partial charge in [-0.2, -0.15) is 5.10 Å². The standard InChI is InChI=1S/C17H20N6S/c1-13-19-16(21-20-13)12-22-7-9-23(10-8-22)17-18-11-15(24-17)14-5-3-2-4-6-14/h2-6,11H,7-10,12H2,1H3,(H,19,20,21). The van der Waals surface area contributed by atoms with Crippen LogP contribution in [-0.2, 0) is 6.54 Å². The van der Waals surface area contributed by atoms with E-state index in [2.05, 4.69) is 54.2 Å². The second kappa shape index (κ2) is 6.70. The summed E-state index contributed by atoms with van der Waals surface area (Å²) in [6, 6.07) is 10.4. The van der Waals surface area contributed by atoms with E-state index in [0.29, 0.717) is 0 Å². The highest BCUT2D eigenvalue weighted by atomic mass is 32.1. The number of hydrogen-bond donors (Lipinski definition) is 1. The van der Waals surface area contributed by atoms with E-state index in [4.69, 9.17) is 0 Å². The first kappa shape index (κ1) is 15.3. The Hall–Kier alpha value is -2.25. The third kappa shape index (κ3) is 3.32. The molecule has 0 radical (unpaired) electrons. The second-order valence-electron chi connectivity index (χ2n) is 5.97. The summed E-state index contributed by atoms with van der Waals surface area (Å²) < 4.78 is 0. The summed E-state index contributed by atoms with van der Waals surface area (Å²) >= 11 is 1.77. The number of nitrogens with zero attached hydrogens (tertiary/aromatic N) is 5. The summed E-state index contributed by atoms with van der Waals surface area (Å²) in [6.45, 7) is 6.74. The number of benzene rings is 1. The van der Waals surface area contributed by atoms with Crippen LogP contribution in [0.1, 0.15) is 11.6 Å². The fraction of sp³-hybridized carbons (Fsp3) is 0.353. The molecule has 1 aromatic carbocycles. The Morgan fingerprint density at radius 1 is 1.12 bits per heavy atom. The lowest BCUT2D eigenvalue weighted by Crippen LogP contribution is -2.46. The molecule has 24 heavy (non-hydrogen) atoms. The van der Waals surface area contributed by atoms with Crippen LogP contribution in [0.4, 0.5) is 5.13 Å². The van der Waals surface area contributed by atoms with Gasteiger partial charge >= 0.3 is 0 Å². The predicted molar refractivity (Wildman–Crippen MR) is 96.2 cm³/mol. The number of piperazine rings is 1. The molecule has 3 aromatic rings. The Kier molecular flexibility index (Phi) is 4.27. The zero-order chi connectivity index (χ0) is 16.4. The largest absolute Gasteiger partial charge is 0.346 e. The van der Waals surface area contributed by atoms with E-state index in [1.165, 1.54) is 10.4 Å². The Morgan fingerprint density at radius 3 is 2.62 bits per heavy atom. The van der Waals surface area contributed by atoms with Crippen LogP contribution in [0, 0.1) is 6.92 Å². The van der Waals surface area contributed by atoms with Gasteiger partial charge in [0.25, 0.3) is 0 Å². The highest BCUT2D eigenvalue weighted by Gasteiger charge is 2.20. The molecular formula is C17H20N6S. The van der Waals surface area contributed by atoms with Gasteiger partial charge in [0.15, 0.2) is 11.0 Å². The molecule has 2 aromatic heterocycles. The van der Waals surface area contributed by atoms with Gasteiger partial charge < -0.3 is 4.90 Å².